The Labute approximate surface area is 109 Å². The van der Waals surface area contributed by atoms with E-state index in [1.165, 1.54) is 37.9 Å². The zero-order valence-electron chi connectivity index (χ0n) is 11.5. The molecule has 2 N–H and O–H groups in total. The Bertz CT molecular complexity index is 425. The van der Waals surface area contributed by atoms with Crippen LogP contribution in [0.4, 0.5) is 0 Å². The van der Waals surface area contributed by atoms with Crippen molar-refractivity contribution in [2.24, 2.45) is 24.6 Å². The maximum absolute atomic E-state index is 6.27. The molecule has 1 saturated carbocycles. The van der Waals surface area contributed by atoms with E-state index in [2.05, 4.69) is 23.1 Å². The van der Waals surface area contributed by atoms with Gasteiger partial charge >= 0.3 is 0 Å². The molecule has 3 unspecified atom stereocenters. The number of hydrogen-bond donors (Lipinski definition) is 1. The minimum absolute atomic E-state index is 0.434. The minimum atomic E-state index is 0.434. The van der Waals surface area contributed by atoms with Crippen molar-refractivity contribution in [3.8, 4) is 0 Å². The second-order valence-corrected chi connectivity index (χ2v) is 6.13. The largest absolute Gasteiger partial charge is 0.327 e. The summed E-state index contributed by atoms with van der Waals surface area (Å²) >= 11 is 0. The highest BCUT2D eigenvalue weighted by Gasteiger charge is 2.38. The van der Waals surface area contributed by atoms with Gasteiger partial charge in [0.15, 0.2) is 0 Å². The quantitative estimate of drug-likeness (QED) is 0.858. The van der Waals surface area contributed by atoms with Gasteiger partial charge in [0.05, 0.1) is 5.69 Å². The van der Waals surface area contributed by atoms with Crippen LogP contribution in [0.3, 0.4) is 0 Å². The van der Waals surface area contributed by atoms with Crippen LogP contribution in [0.5, 0.6) is 0 Å². The summed E-state index contributed by atoms with van der Waals surface area (Å²) in [7, 11) is 2.00. The SMILES string of the molecule is Cc1nn(C)cc1CN1CC2CCCC(N)C2C1. The summed E-state index contributed by atoms with van der Waals surface area (Å²) in [5.41, 5.74) is 8.80. The Morgan fingerprint density at radius 2 is 2.22 bits per heavy atom. The molecule has 100 valence electrons. The number of nitrogens with two attached hydrogens (primary N) is 1. The third kappa shape index (κ3) is 2.19. The van der Waals surface area contributed by atoms with Gasteiger partial charge < -0.3 is 5.73 Å². The predicted molar refractivity (Wildman–Crippen MR) is 72.0 cm³/mol. The van der Waals surface area contributed by atoms with Crippen LogP contribution in [0, 0.1) is 18.8 Å². The summed E-state index contributed by atoms with van der Waals surface area (Å²) < 4.78 is 1.92. The van der Waals surface area contributed by atoms with Crippen molar-refractivity contribution in [2.45, 2.75) is 38.8 Å². The summed E-state index contributed by atoms with van der Waals surface area (Å²) in [6, 6.07) is 0.434. The molecule has 1 aliphatic carbocycles. The lowest BCUT2D eigenvalue weighted by atomic mass is 9.78. The monoisotopic (exact) mass is 248 g/mol. The molecule has 4 nitrogen and oxygen atoms in total. The van der Waals surface area contributed by atoms with Crippen molar-refractivity contribution in [3.63, 3.8) is 0 Å². The standard InChI is InChI=1S/C14H24N4/c1-10-12(6-17(2)16-10)8-18-7-11-4-3-5-14(15)13(11)9-18/h6,11,13-14H,3-5,7-9,15H2,1-2H3. The molecule has 0 bridgehead atoms. The summed E-state index contributed by atoms with van der Waals surface area (Å²) in [5.74, 6) is 1.57. The Morgan fingerprint density at radius 1 is 1.39 bits per heavy atom. The fourth-order valence-corrected chi connectivity index (χ4v) is 3.78. The van der Waals surface area contributed by atoms with E-state index in [4.69, 9.17) is 5.73 Å². The average molecular weight is 248 g/mol. The summed E-state index contributed by atoms with van der Waals surface area (Å²) in [6.07, 6.45) is 6.07. The molecule has 3 rings (SSSR count). The van der Waals surface area contributed by atoms with E-state index in [1.807, 2.05) is 11.7 Å². The van der Waals surface area contributed by atoms with Gasteiger partial charge in [-0.1, -0.05) is 6.42 Å². The first-order chi connectivity index (χ1) is 8.63. The van der Waals surface area contributed by atoms with Crippen molar-refractivity contribution >= 4 is 0 Å². The fourth-order valence-electron chi connectivity index (χ4n) is 3.78. The summed E-state index contributed by atoms with van der Waals surface area (Å²) in [4.78, 5) is 2.57. The van der Waals surface area contributed by atoms with E-state index in [-0.39, 0.29) is 0 Å². The van der Waals surface area contributed by atoms with Crippen LogP contribution in [-0.4, -0.2) is 33.8 Å². The minimum Gasteiger partial charge on any atom is -0.327 e. The van der Waals surface area contributed by atoms with Crippen molar-refractivity contribution in [1.82, 2.24) is 14.7 Å². The molecular weight excluding hydrogens is 224 g/mol. The second-order valence-electron chi connectivity index (χ2n) is 6.13. The molecule has 2 aliphatic rings. The van der Waals surface area contributed by atoms with Crippen LogP contribution >= 0.6 is 0 Å². The lowest BCUT2D eigenvalue weighted by molar-refractivity contribution is 0.259. The van der Waals surface area contributed by atoms with Crippen molar-refractivity contribution < 1.29 is 0 Å². The lowest BCUT2D eigenvalue weighted by Crippen LogP contribution is -2.38. The molecule has 3 atom stereocenters. The molecule has 1 aromatic rings. The van der Waals surface area contributed by atoms with Gasteiger partial charge in [0.1, 0.15) is 0 Å². The molecule has 2 heterocycles. The Hall–Kier alpha value is -0.870. The number of aromatic nitrogens is 2. The normalized spacial score (nSPS) is 32.7. The van der Waals surface area contributed by atoms with Gasteiger partial charge in [-0.05, 0) is 31.6 Å². The Morgan fingerprint density at radius 3 is 2.89 bits per heavy atom. The van der Waals surface area contributed by atoms with E-state index in [0.717, 1.165) is 24.1 Å². The van der Waals surface area contributed by atoms with E-state index in [1.54, 1.807) is 0 Å². The number of fused-ring (bicyclic) bond motifs is 1. The van der Waals surface area contributed by atoms with Crippen molar-refractivity contribution in [2.75, 3.05) is 13.1 Å². The molecule has 1 saturated heterocycles. The number of aryl methyl sites for hydroxylation is 2. The molecule has 0 radical (unpaired) electrons. The molecule has 4 heteroatoms. The maximum atomic E-state index is 6.27. The number of hydrogen-bond acceptors (Lipinski definition) is 3. The topological polar surface area (TPSA) is 47.1 Å². The van der Waals surface area contributed by atoms with E-state index in [0.29, 0.717) is 6.04 Å². The molecule has 1 aromatic heterocycles. The average Bonchev–Trinajstić information content (AvgIpc) is 2.84. The first kappa shape index (κ1) is 12.2. The van der Waals surface area contributed by atoms with Gasteiger partial charge in [0, 0.05) is 44.5 Å². The predicted octanol–water partition coefficient (Wildman–Crippen LogP) is 1.29. The van der Waals surface area contributed by atoms with Crippen LogP contribution < -0.4 is 5.73 Å². The number of nitrogens with zero attached hydrogens (tertiary/aromatic N) is 3. The van der Waals surface area contributed by atoms with Crippen LogP contribution in [0.2, 0.25) is 0 Å². The van der Waals surface area contributed by atoms with Gasteiger partial charge in [0.25, 0.3) is 0 Å². The van der Waals surface area contributed by atoms with Gasteiger partial charge in [-0.3, -0.25) is 9.58 Å². The van der Waals surface area contributed by atoms with E-state index >= 15 is 0 Å². The highest BCUT2D eigenvalue weighted by atomic mass is 15.3. The molecule has 0 amide bonds. The second kappa shape index (κ2) is 4.67. The Kier molecular flexibility index (Phi) is 3.16. The van der Waals surface area contributed by atoms with Gasteiger partial charge in [0.2, 0.25) is 0 Å². The third-order valence-electron chi connectivity index (χ3n) is 4.74. The van der Waals surface area contributed by atoms with Crippen molar-refractivity contribution in [3.05, 3.63) is 17.5 Å². The smallest absolute Gasteiger partial charge is 0.0638 e. The van der Waals surface area contributed by atoms with Crippen LogP contribution in [0.25, 0.3) is 0 Å². The molecule has 0 spiro atoms. The third-order valence-corrected chi connectivity index (χ3v) is 4.74. The Balaban J connectivity index is 1.67. The van der Waals surface area contributed by atoms with Crippen LogP contribution in [0.15, 0.2) is 6.20 Å². The number of rotatable bonds is 2. The molecule has 2 fully saturated rings. The zero-order chi connectivity index (χ0) is 12.7. The molecule has 18 heavy (non-hydrogen) atoms. The maximum Gasteiger partial charge on any atom is 0.0638 e. The highest BCUT2D eigenvalue weighted by molar-refractivity contribution is 5.15. The molecular formula is C14H24N4. The van der Waals surface area contributed by atoms with Crippen LogP contribution in [0.1, 0.15) is 30.5 Å². The van der Waals surface area contributed by atoms with Gasteiger partial charge in [-0.15, -0.1) is 0 Å². The fraction of sp³-hybridized carbons (Fsp3) is 0.786. The first-order valence-corrected chi connectivity index (χ1v) is 7.10. The van der Waals surface area contributed by atoms with Gasteiger partial charge in [-0.2, -0.15) is 5.10 Å². The lowest BCUT2D eigenvalue weighted by Gasteiger charge is -2.29. The summed E-state index contributed by atoms with van der Waals surface area (Å²) in [6.45, 7) is 5.55. The zero-order valence-corrected chi connectivity index (χ0v) is 11.5. The van der Waals surface area contributed by atoms with E-state index < -0.39 is 0 Å². The van der Waals surface area contributed by atoms with Crippen molar-refractivity contribution in [1.29, 1.82) is 0 Å². The van der Waals surface area contributed by atoms with Crippen LogP contribution in [-0.2, 0) is 13.6 Å². The summed E-state index contributed by atoms with van der Waals surface area (Å²) in [5, 5.41) is 4.42. The van der Waals surface area contributed by atoms with Gasteiger partial charge in [-0.25, -0.2) is 0 Å². The first-order valence-electron chi connectivity index (χ1n) is 7.10. The highest BCUT2D eigenvalue weighted by Crippen LogP contribution is 2.36. The molecule has 0 aromatic carbocycles. The number of likely N-dealkylation sites (tertiary alicyclic amines) is 1. The van der Waals surface area contributed by atoms with E-state index in [9.17, 15) is 0 Å². The molecule has 1 aliphatic heterocycles.